The van der Waals surface area contributed by atoms with E-state index in [0.717, 1.165) is 10.0 Å². The summed E-state index contributed by atoms with van der Waals surface area (Å²) in [6.07, 6.45) is 4.99. The first-order valence-corrected chi connectivity index (χ1v) is 11.0. The third-order valence-corrected chi connectivity index (χ3v) is 5.67. The normalized spacial score (nSPS) is 10.9. The van der Waals surface area contributed by atoms with Crippen LogP contribution in [0.3, 0.4) is 0 Å². The zero-order valence-corrected chi connectivity index (χ0v) is 19.7. The highest BCUT2D eigenvalue weighted by molar-refractivity contribution is 9.10. The molecule has 0 spiro atoms. The zero-order chi connectivity index (χ0) is 23.7. The van der Waals surface area contributed by atoms with Crippen LogP contribution in [-0.4, -0.2) is 31.8 Å². The van der Waals surface area contributed by atoms with Crippen molar-refractivity contribution >= 4 is 38.3 Å². The molecule has 0 aliphatic carbocycles. The summed E-state index contributed by atoms with van der Waals surface area (Å²) >= 11 is 3.46. The van der Waals surface area contributed by atoms with E-state index in [-0.39, 0.29) is 5.69 Å². The van der Waals surface area contributed by atoms with Crippen LogP contribution in [0.4, 0.5) is 15.9 Å². The Hall–Kier alpha value is -4.05. The van der Waals surface area contributed by atoms with Gasteiger partial charge < -0.3 is 14.8 Å². The number of benzene rings is 2. The Kier molecular flexibility index (Phi) is 5.81. The number of pyridine rings is 1. The lowest BCUT2D eigenvalue weighted by Gasteiger charge is -2.12. The topological polar surface area (TPSA) is 87.0 Å². The molecule has 0 saturated heterocycles. The maximum Gasteiger partial charge on any atom is 0.219 e. The molecule has 5 rings (SSSR count). The summed E-state index contributed by atoms with van der Waals surface area (Å²) in [6, 6.07) is 13.5. The number of fused-ring (bicyclic) bond motifs is 1. The van der Waals surface area contributed by atoms with Gasteiger partial charge in [-0.1, -0.05) is 6.07 Å². The molecule has 0 saturated carbocycles. The average Bonchev–Trinajstić information content (AvgIpc) is 3.27. The van der Waals surface area contributed by atoms with Gasteiger partial charge in [-0.3, -0.25) is 4.68 Å². The van der Waals surface area contributed by atoms with E-state index >= 15 is 0 Å². The number of rotatable bonds is 6. The van der Waals surface area contributed by atoms with Crippen LogP contribution in [0.2, 0.25) is 0 Å². The second kappa shape index (κ2) is 9.06. The van der Waals surface area contributed by atoms with E-state index in [4.69, 9.17) is 9.47 Å². The third kappa shape index (κ3) is 4.40. The minimum atomic E-state index is -0.500. The van der Waals surface area contributed by atoms with Crippen molar-refractivity contribution in [1.82, 2.24) is 24.7 Å². The first-order valence-electron chi connectivity index (χ1n) is 10.2. The minimum Gasteiger partial charge on any atom is -0.495 e. The molecular weight excluding hydrogens is 503 g/mol. The molecule has 1 N–H and O–H groups in total. The van der Waals surface area contributed by atoms with Crippen LogP contribution in [0.15, 0.2) is 71.7 Å². The number of anilines is 2. The molecule has 3 heterocycles. The van der Waals surface area contributed by atoms with Gasteiger partial charge in [-0.25, -0.2) is 19.3 Å². The smallest absolute Gasteiger partial charge is 0.219 e. The van der Waals surface area contributed by atoms with Gasteiger partial charge in [0.15, 0.2) is 0 Å². The first-order chi connectivity index (χ1) is 16.5. The molecule has 0 bridgehead atoms. The molecule has 0 atom stereocenters. The van der Waals surface area contributed by atoms with Crippen molar-refractivity contribution in [3.05, 3.63) is 77.5 Å². The average molecular weight is 521 g/mol. The lowest BCUT2D eigenvalue weighted by Crippen LogP contribution is -1.99. The maximum atomic E-state index is 14.9. The molecule has 3 aromatic heterocycles. The molecule has 10 heteroatoms. The minimum absolute atomic E-state index is 0.247. The number of halogens is 2. The number of hydrogen-bond donors (Lipinski definition) is 1. The van der Waals surface area contributed by atoms with Crippen molar-refractivity contribution in [2.75, 3.05) is 12.4 Å². The van der Waals surface area contributed by atoms with Crippen molar-refractivity contribution < 1.29 is 13.9 Å². The fraction of sp³-hybridized carbons (Fsp3) is 0.0833. The second-order valence-electron chi connectivity index (χ2n) is 7.36. The fourth-order valence-corrected chi connectivity index (χ4v) is 3.91. The van der Waals surface area contributed by atoms with Gasteiger partial charge in [0.05, 0.1) is 34.7 Å². The highest BCUT2D eigenvalue weighted by Gasteiger charge is 2.12. The molecule has 5 aromatic rings. The lowest BCUT2D eigenvalue weighted by atomic mass is 10.2. The molecule has 0 radical (unpaired) electrons. The molecule has 0 amide bonds. The van der Waals surface area contributed by atoms with E-state index in [0.29, 0.717) is 39.8 Å². The SMILES string of the molecule is COc1cc2ncnc(Nc3ccc(Oc4cccc(-c5cnn(C)c5)n4)cc3F)c2cc1Br. The van der Waals surface area contributed by atoms with Gasteiger partial charge in [0.25, 0.3) is 0 Å². The van der Waals surface area contributed by atoms with Crippen molar-refractivity contribution in [1.29, 1.82) is 0 Å². The molecule has 2 aromatic carbocycles. The van der Waals surface area contributed by atoms with Crippen molar-refractivity contribution in [2.45, 2.75) is 0 Å². The molecule has 8 nitrogen and oxygen atoms in total. The van der Waals surface area contributed by atoms with Crippen LogP contribution < -0.4 is 14.8 Å². The molecule has 34 heavy (non-hydrogen) atoms. The van der Waals surface area contributed by atoms with Gasteiger partial charge >= 0.3 is 0 Å². The van der Waals surface area contributed by atoms with Crippen molar-refractivity contribution in [2.24, 2.45) is 7.05 Å². The number of nitrogens with zero attached hydrogens (tertiary/aromatic N) is 5. The zero-order valence-electron chi connectivity index (χ0n) is 18.2. The van der Waals surface area contributed by atoms with Crippen LogP contribution >= 0.6 is 15.9 Å². The molecule has 0 fully saturated rings. The number of hydrogen-bond acceptors (Lipinski definition) is 7. The Balaban J connectivity index is 1.38. The third-order valence-electron chi connectivity index (χ3n) is 5.05. The Morgan fingerprint density at radius 2 is 1.97 bits per heavy atom. The van der Waals surface area contributed by atoms with E-state index in [2.05, 4.69) is 41.3 Å². The van der Waals surface area contributed by atoms with E-state index in [1.807, 2.05) is 31.4 Å². The van der Waals surface area contributed by atoms with Gasteiger partial charge in [-0.05, 0) is 40.2 Å². The molecular formula is C24H18BrFN6O2. The van der Waals surface area contributed by atoms with E-state index < -0.39 is 5.82 Å². The summed E-state index contributed by atoms with van der Waals surface area (Å²) in [5.41, 5.74) is 2.48. The van der Waals surface area contributed by atoms with E-state index in [9.17, 15) is 4.39 Å². The quantitative estimate of drug-likeness (QED) is 0.299. The van der Waals surface area contributed by atoms with Crippen LogP contribution in [-0.2, 0) is 7.05 Å². The fourth-order valence-electron chi connectivity index (χ4n) is 3.41. The second-order valence-corrected chi connectivity index (χ2v) is 8.21. The van der Waals surface area contributed by atoms with Gasteiger partial charge in [0.1, 0.15) is 29.5 Å². The van der Waals surface area contributed by atoms with Gasteiger partial charge in [-0.15, -0.1) is 0 Å². The number of ether oxygens (including phenoxy) is 2. The van der Waals surface area contributed by atoms with Crippen LogP contribution in [0, 0.1) is 5.82 Å². The largest absolute Gasteiger partial charge is 0.495 e. The maximum absolute atomic E-state index is 14.9. The van der Waals surface area contributed by atoms with Crippen LogP contribution in [0.1, 0.15) is 0 Å². The Labute approximate surface area is 202 Å². The molecule has 0 aliphatic heterocycles. The summed E-state index contributed by atoms with van der Waals surface area (Å²) in [5.74, 6) is 1.28. The summed E-state index contributed by atoms with van der Waals surface area (Å²) in [4.78, 5) is 13.0. The molecule has 170 valence electrons. The number of aryl methyl sites for hydroxylation is 1. The predicted octanol–water partition coefficient (Wildman–Crippen LogP) is 5.87. The van der Waals surface area contributed by atoms with Gasteiger partial charge in [0, 0.05) is 42.4 Å². The van der Waals surface area contributed by atoms with Crippen molar-refractivity contribution in [3.8, 4) is 28.6 Å². The van der Waals surface area contributed by atoms with Gasteiger partial charge in [-0.2, -0.15) is 5.10 Å². The van der Waals surface area contributed by atoms with Gasteiger partial charge in [0.2, 0.25) is 5.88 Å². The standard InChI is InChI=1S/C24H18BrFN6O2/c1-32-12-14(11-29-32)19-4-3-5-23(30-19)34-15-6-7-20(18(26)8-15)31-24-16-9-17(25)22(33-2)10-21(16)27-13-28-24/h3-13H,1-2H3,(H,27,28,31). The number of nitrogens with one attached hydrogen (secondary N) is 1. The Morgan fingerprint density at radius 3 is 2.74 bits per heavy atom. The highest BCUT2D eigenvalue weighted by atomic mass is 79.9. The van der Waals surface area contributed by atoms with E-state index in [1.54, 1.807) is 42.3 Å². The lowest BCUT2D eigenvalue weighted by molar-refractivity contribution is 0.412. The van der Waals surface area contributed by atoms with Crippen LogP contribution in [0.25, 0.3) is 22.2 Å². The Morgan fingerprint density at radius 1 is 1.09 bits per heavy atom. The Bertz CT molecular complexity index is 1510. The number of aromatic nitrogens is 5. The summed E-state index contributed by atoms with van der Waals surface area (Å²) in [5, 5.41) is 7.91. The molecule has 0 aliphatic rings. The highest BCUT2D eigenvalue weighted by Crippen LogP contribution is 2.34. The van der Waals surface area contributed by atoms with E-state index in [1.165, 1.54) is 12.4 Å². The monoisotopic (exact) mass is 520 g/mol. The van der Waals surface area contributed by atoms with Crippen LogP contribution in [0.5, 0.6) is 17.4 Å². The molecule has 0 unspecified atom stereocenters. The summed E-state index contributed by atoms with van der Waals surface area (Å²) in [7, 11) is 3.41. The summed E-state index contributed by atoms with van der Waals surface area (Å²) in [6.45, 7) is 0. The first kappa shape index (κ1) is 21.8. The summed E-state index contributed by atoms with van der Waals surface area (Å²) < 4.78 is 28.5. The predicted molar refractivity (Wildman–Crippen MR) is 130 cm³/mol. The van der Waals surface area contributed by atoms with Crippen molar-refractivity contribution in [3.63, 3.8) is 0 Å². The number of methoxy groups -OCH3 is 1.